The van der Waals surface area contributed by atoms with Gasteiger partial charge in [0.2, 0.25) is 5.91 Å². The van der Waals surface area contributed by atoms with Crippen molar-refractivity contribution in [2.45, 2.75) is 50.5 Å². The molecule has 0 aromatic heterocycles. The number of carbonyl (C=O) groups is 1. The maximum atomic E-state index is 12.4. The minimum Gasteiger partial charge on any atom is -0.485 e. The Labute approximate surface area is 135 Å². The Morgan fingerprint density at radius 3 is 2.96 bits per heavy atom. The standard InChI is InChI=1S/C17H21N3O3/c1-17(2)15(21)14(20-16(22)12-4-3-7-19-12)11-8-10(9-18)5-6-13(11)23-17/h5-6,8,12,14-15,19,21H,3-4,7H2,1-2H3,(H,20,22)/t12-,14+,15-/m0/s1. The van der Waals surface area contributed by atoms with Gasteiger partial charge >= 0.3 is 0 Å². The molecule has 23 heavy (non-hydrogen) atoms. The Kier molecular flexibility index (Phi) is 4.00. The van der Waals surface area contributed by atoms with Crippen LogP contribution in [0.5, 0.6) is 5.75 Å². The zero-order chi connectivity index (χ0) is 16.6. The summed E-state index contributed by atoms with van der Waals surface area (Å²) >= 11 is 0. The maximum absolute atomic E-state index is 12.4. The van der Waals surface area contributed by atoms with E-state index < -0.39 is 17.7 Å². The lowest BCUT2D eigenvalue weighted by Crippen LogP contribution is -2.55. The van der Waals surface area contributed by atoms with E-state index in [0.29, 0.717) is 16.9 Å². The summed E-state index contributed by atoms with van der Waals surface area (Å²) in [4.78, 5) is 12.4. The minimum atomic E-state index is -0.908. The number of hydrogen-bond donors (Lipinski definition) is 3. The van der Waals surface area contributed by atoms with Gasteiger partial charge in [0.15, 0.2) is 0 Å². The van der Waals surface area contributed by atoms with Gasteiger partial charge in [0.05, 0.1) is 23.7 Å². The molecule has 122 valence electrons. The van der Waals surface area contributed by atoms with Crippen molar-refractivity contribution in [3.05, 3.63) is 29.3 Å². The monoisotopic (exact) mass is 315 g/mol. The van der Waals surface area contributed by atoms with E-state index in [2.05, 4.69) is 16.7 Å². The van der Waals surface area contributed by atoms with E-state index >= 15 is 0 Å². The summed E-state index contributed by atoms with van der Waals surface area (Å²) in [5.74, 6) is 0.460. The van der Waals surface area contributed by atoms with E-state index in [1.54, 1.807) is 32.0 Å². The van der Waals surface area contributed by atoms with Crippen LogP contribution < -0.4 is 15.4 Å². The second-order valence-corrected chi connectivity index (χ2v) is 6.65. The second-order valence-electron chi connectivity index (χ2n) is 6.65. The minimum absolute atomic E-state index is 0.127. The number of rotatable bonds is 2. The fourth-order valence-corrected chi connectivity index (χ4v) is 3.19. The molecule has 0 aliphatic carbocycles. The van der Waals surface area contributed by atoms with Crippen molar-refractivity contribution >= 4 is 5.91 Å². The van der Waals surface area contributed by atoms with Crippen molar-refractivity contribution < 1.29 is 14.6 Å². The van der Waals surface area contributed by atoms with E-state index in [0.717, 1.165) is 19.4 Å². The molecule has 2 heterocycles. The van der Waals surface area contributed by atoms with Gasteiger partial charge in [0.1, 0.15) is 17.5 Å². The third-order valence-corrected chi connectivity index (χ3v) is 4.55. The van der Waals surface area contributed by atoms with Gasteiger partial charge in [-0.05, 0) is 51.4 Å². The summed E-state index contributed by atoms with van der Waals surface area (Å²) in [6.07, 6.45) is 0.851. The first-order chi connectivity index (χ1) is 10.9. The molecule has 0 radical (unpaired) electrons. The number of fused-ring (bicyclic) bond motifs is 1. The molecule has 0 unspecified atom stereocenters. The summed E-state index contributed by atoms with van der Waals surface area (Å²) < 4.78 is 5.84. The van der Waals surface area contributed by atoms with E-state index in [4.69, 9.17) is 10.00 Å². The van der Waals surface area contributed by atoms with Gasteiger partial charge < -0.3 is 20.5 Å². The summed E-state index contributed by atoms with van der Waals surface area (Å²) in [5, 5.41) is 25.8. The molecule has 1 amide bonds. The number of nitrogens with zero attached hydrogens (tertiary/aromatic N) is 1. The van der Waals surface area contributed by atoms with Crippen LogP contribution in [0.25, 0.3) is 0 Å². The third kappa shape index (κ3) is 2.90. The molecule has 3 N–H and O–H groups in total. The first-order valence-electron chi connectivity index (χ1n) is 7.87. The molecule has 6 heteroatoms. The summed E-state index contributed by atoms with van der Waals surface area (Å²) in [6, 6.07) is 6.31. The summed E-state index contributed by atoms with van der Waals surface area (Å²) in [5.41, 5.74) is 0.280. The van der Waals surface area contributed by atoms with Crippen LogP contribution in [0.15, 0.2) is 18.2 Å². The molecule has 6 nitrogen and oxygen atoms in total. The van der Waals surface area contributed by atoms with Gasteiger partial charge in [0.25, 0.3) is 0 Å². The average Bonchev–Trinajstić information content (AvgIpc) is 3.05. The normalized spacial score (nSPS) is 28.3. The van der Waals surface area contributed by atoms with Gasteiger partial charge in [-0.1, -0.05) is 0 Å². The van der Waals surface area contributed by atoms with Crippen LogP contribution in [0.1, 0.15) is 43.9 Å². The van der Waals surface area contributed by atoms with E-state index in [-0.39, 0.29) is 11.9 Å². The Balaban J connectivity index is 1.93. The number of nitriles is 1. The highest BCUT2D eigenvalue weighted by Crippen LogP contribution is 2.40. The van der Waals surface area contributed by atoms with Crippen LogP contribution in [0.4, 0.5) is 0 Å². The molecule has 1 fully saturated rings. The van der Waals surface area contributed by atoms with Crippen molar-refractivity contribution in [3.8, 4) is 11.8 Å². The van der Waals surface area contributed by atoms with Gasteiger partial charge in [-0.25, -0.2) is 0 Å². The third-order valence-electron chi connectivity index (χ3n) is 4.55. The highest BCUT2D eigenvalue weighted by Gasteiger charge is 2.44. The Morgan fingerprint density at radius 2 is 2.30 bits per heavy atom. The molecule has 1 saturated heterocycles. The average molecular weight is 315 g/mol. The van der Waals surface area contributed by atoms with Crippen molar-refractivity contribution in [1.82, 2.24) is 10.6 Å². The van der Waals surface area contributed by atoms with E-state index in [1.165, 1.54) is 0 Å². The Hall–Kier alpha value is -2.10. The highest BCUT2D eigenvalue weighted by atomic mass is 16.5. The van der Waals surface area contributed by atoms with Crippen molar-refractivity contribution in [3.63, 3.8) is 0 Å². The molecular formula is C17H21N3O3. The molecule has 1 aromatic carbocycles. The van der Waals surface area contributed by atoms with Crippen LogP contribution in [-0.4, -0.2) is 35.3 Å². The molecule has 3 atom stereocenters. The predicted molar refractivity (Wildman–Crippen MR) is 83.8 cm³/mol. The molecular weight excluding hydrogens is 294 g/mol. The zero-order valence-electron chi connectivity index (χ0n) is 13.3. The maximum Gasteiger partial charge on any atom is 0.237 e. The number of amides is 1. The lowest BCUT2D eigenvalue weighted by Gasteiger charge is -2.42. The van der Waals surface area contributed by atoms with E-state index in [9.17, 15) is 9.90 Å². The number of nitrogens with one attached hydrogen (secondary N) is 2. The lowest BCUT2D eigenvalue weighted by molar-refractivity contribution is -0.127. The van der Waals surface area contributed by atoms with Gasteiger partial charge in [-0.3, -0.25) is 4.79 Å². The van der Waals surface area contributed by atoms with Gasteiger partial charge in [-0.15, -0.1) is 0 Å². The van der Waals surface area contributed by atoms with Crippen molar-refractivity contribution in [2.75, 3.05) is 6.54 Å². The molecule has 0 saturated carbocycles. The highest BCUT2D eigenvalue weighted by molar-refractivity contribution is 5.82. The van der Waals surface area contributed by atoms with Crippen LogP contribution in [0, 0.1) is 11.3 Å². The largest absolute Gasteiger partial charge is 0.485 e. The van der Waals surface area contributed by atoms with Crippen LogP contribution >= 0.6 is 0 Å². The zero-order valence-corrected chi connectivity index (χ0v) is 13.3. The SMILES string of the molecule is CC1(C)Oc2ccc(C#N)cc2[C@@H](NC(=O)[C@@H]2CCCN2)[C@@H]1O. The number of hydrogen-bond acceptors (Lipinski definition) is 5. The molecule has 3 rings (SSSR count). The lowest BCUT2D eigenvalue weighted by atomic mass is 9.85. The first kappa shape index (κ1) is 15.8. The summed E-state index contributed by atoms with van der Waals surface area (Å²) in [6.45, 7) is 4.40. The Morgan fingerprint density at radius 1 is 1.52 bits per heavy atom. The fraction of sp³-hybridized carbons (Fsp3) is 0.529. The number of ether oxygens (including phenoxy) is 1. The second kappa shape index (κ2) is 5.84. The smallest absolute Gasteiger partial charge is 0.237 e. The molecule has 1 aromatic rings. The molecule has 2 aliphatic rings. The first-order valence-corrected chi connectivity index (χ1v) is 7.87. The van der Waals surface area contributed by atoms with Crippen molar-refractivity contribution in [2.24, 2.45) is 0 Å². The van der Waals surface area contributed by atoms with E-state index in [1.807, 2.05) is 0 Å². The summed E-state index contributed by atoms with van der Waals surface area (Å²) in [7, 11) is 0. The van der Waals surface area contributed by atoms with Crippen LogP contribution in [0.2, 0.25) is 0 Å². The molecule has 0 bridgehead atoms. The number of aliphatic hydroxyl groups excluding tert-OH is 1. The van der Waals surface area contributed by atoms with Crippen LogP contribution in [-0.2, 0) is 4.79 Å². The van der Waals surface area contributed by atoms with Crippen LogP contribution in [0.3, 0.4) is 0 Å². The quantitative estimate of drug-likeness (QED) is 0.757. The van der Waals surface area contributed by atoms with Crippen molar-refractivity contribution in [1.29, 1.82) is 5.26 Å². The number of carbonyl (C=O) groups excluding carboxylic acids is 1. The predicted octanol–water partition coefficient (Wildman–Crippen LogP) is 0.999. The topological polar surface area (TPSA) is 94.4 Å². The van der Waals surface area contributed by atoms with Gasteiger partial charge in [-0.2, -0.15) is 5.26 Å². The molecule has 2 aliphatic heterocycles. The number of benzene rings is 1. The fourth-order valence-electron chi connectivity index (χ4n) is 3.19. The molecule has 0 spiro atoms. The number of aliphatic hydroxyl groups is 1. The Bertz CT molecular complexity index is 660. The van der Waals surface area contributed by atoms with Gasteiger partial charge in [0, 0.05) is 5.56 Å².